The van der Waals surface area contributed by atoms with Gasteiger partial charge in [-0.3, -0.25) is 9.89 Å². The largest absolute Gasteiger partial charge is 0.493 e. The fourth-order valence-corrected chi connectivity index (χ4v) is 4.69. The van der Waals surface area contributed by atoms with Crippen molar-refractivity contribution < 1.29 is 18.7 Å². The first-order chi connectivity index (χ1) is 18.0. The van der Waals surface area contributed by atoms with Gasteiger partial charge in [0.2, 0.25) is 0 Å². The molecule has 0 bridgehead atoms. The van der Waals surface area contributed by atoms with Crippen molar-refractivity contribution in [3.8, 4) is 22.8 Å². The lowest BCUT2D eigenvalue weighted by molar-refractivity contribution is 0.0730. The highest BCUT2D eigenvalue weighted by Gasteiger charge is 2.42. The number of benzene rings is 3. The molecule has 190 valence electrons. The van der Waals surface area contributed by atoms with Gasteiger partial charge < -0.3 is 14.4 Å². The second kappa shape index (κ2) is 10.5. The third kappa shape index (κ3) is 4.94. The predicted octanol–water partition coefficient (Wildman–Crippen LogP) is 6.39. The van der Waals surface area contributed by atoms with Crippen LogP contribution < -0.4 is 9.47 Å². The Labute approximate surface area is 216 Å². The number of ether oxygens (including phenoxy) is 2. The molecule has 0 fully saturated rings. The molecule has 0 aliphatic carbocycles. The van der Waals surface area contributed by atoms with Gasteiger partial charge >= 0.3 is 0 Å². The number of hydrogen-bond acceptors (Lipinski definition) is 4. The van der Waals surface area contributed by atoms with Crippen LogP contribution in [-0.4, -0.2) is 34.7 Å². The Kier molecular flexibility index (Phi) is 6.95. The van der Waals surface area contributed by atoms with Crippen molar-refractivity contribution >= 4 is 5.91 Å². The van der Waals surface area contributed by atoms with Crippen LogP contribution in [0.1, 0.15) is 53.5 Å². The number of halogens is 1. The monoisotopic (exact) mass is 499 g/mol. The van der Waals surface area contributed by atoms with Gasteiger partial charge in [-0.2, -0.15) is 5.10 Å². The highest BCUT2D eigenvalue weighted by atomic mass is 19.1. The summed E-state index contributed by atoms with van der Waals surface area (Å²) in [6, 6.07) is 21.4. The molecule has 0 spiro atoms. The van der Waals surface area contributed by atoms with Crippen LogP contribution in [0.15, 0.2) is 72.8 Å². The van der Waals surface area contributed by atoms with Gasteiger partial charge in [0.05, 0.1) is 25.5 Å². The molecule has 1 atom stereocenters. The second-order valence-corrected chi connectivity index (χ2v) is 9.63. The van der Waals surface area contributed by atoms with E-state index in [1.54, 1.807) is 24.1 Å². The molecular formula is C30H30FN3O3. The summed E-state index contributed by atoms with van der Waals surface area (Å²) in [5.74, 6) is 1.33. The molecule has 0 saturated carbocycles. The summed E-state index contributed by atoms with van der Waals surface area (Å²) in [6.45, 7) is 5.22. The maximum absolute atomic E-state index is 13.6. The number of rotatable bonds is 9. The van der Waals surface area contributed by atoms with Crippen LogP contribution in [0.25, 0.3) is 11.3 Å². The van der Waals surface area contributed by atoms with Crippen molar-refractivity contribution in [2.24, 2.45) is 5.92 Å². The maximum Gasteiger partial charge on any atom is 0.273 e. The summed E-state index contributed by atoms with van der Waals surface area (Å²) in [6.07, 6.45) is 0.937. The van der Waals surface area contributed by atoms with E-state index >= 15 is 0 Å². The fraction of sp³-hybridized carbons (Fsp3) is 0.267. The molecule has 3 aromatic carbocycles. The van der Waals surface area contributed by atoms with Crippen LogP contribution in [0.4, 0.5) is 4.39 Å². The minimum atomic E-state index is -0.417. The van der Waals surface area contributed by atoms with E-state index in [-0.39, 0.29) is 11.7 Å². The number of fused-ring (bicyclic) bond motifs is 1. The molecule has 7 heteroatoms. The number of carbonyl (C=O) groups excluding carboxylic acids is 1. The van der Waals surface area contributed by atoms with E-state index < -0.39 is 6.04 Å². The lowest BCUT2D eigenvalue weighted by Crippen LogP contribution is -2.29. The number of H-pyrrole nitrogens is 1. The number of aromatic amines is 1. The number of carbonyl (C=O) groups is 1. The number of aromatic nitrogens is 2. The minimum Gasteiger partial charge on any atom is -0.493 e. The molecule has 1 amide bonds. The number of methoxy groups -OCH3 is 1. The zero-order valence-corrected chi connectivity index (χ0v) is 21.2. The Bertz CT molecular complexity index is 1380. The lowest BCUT2D eigenvalue weighted by atomic mass is 9.95. The molecule has 4 aromatic rings. The van der Waals surface area contributed by atoms with E-state index in [9.17, 15) is 9.18 Å². The summed E-state index contributed by atoms with van der Waals surface area (Å²) in [5.41, 5.74) is 4.63. The molecule has 0 saturated heterocycles. The first kappa shape index (κ1) is 24.6. The van der Waals surface area contributed by atoms with Crippen LogP contribution in [-0.2, 0) is 6.54 Å². The molecule has 0 radical (unpaired) electrons. The van der Waals surface area contributed by atoms with Crippen LogP contribution >= 0.6 is 0 Å². The SMILES string of the molecule is COc1cc(C2c3c(-c4ccccc4)n[nH]c3C(=O)N2Cc2ccc(F)cc2)ccc1OCCC(C)C. The Morgan fingerprint density at radius 2 is 1.78 bits per heavy atom. The number of hydrogen-bond donors (Lipinski definition) is 1. The first-order valence-corrected chi connectivity index (χ1v) is 12.5. The summed E-state index contributed by atoms with van der Waals surface area (Å²) in [5, 5.41) is 7.51. The van der Waals surface area contributed by atoms with Gasteiger partial charge in [0.1, 0.15) is 11.5 Å². The van der Waals surface area contributed by atoms with Gasteiger partial charge in [-0.1, -0.05) is 62.4 Å². The maximum atomic E-state index is 13.6. The standard InChI is InChI=1S/C30H30FN3O3/c1-19(2)15-16-37-24-14-11-22(17-25(24)36-3)29-26-27(21-7-5-4-6-8-21)32-33-28(26)30(35)34(29)18-20-9-12-23(31)13-10-20/h4-14,17,19,29H,15-16,18H2,1-3H3,(H,32,33). The van der Waals surface area contributed by atoms with Gasteiger partial charge in [-0.05, 0) is 47.7 Å². The normalized spacial score (nSPS) is 14.8. The van der Waals surface area contributed by atoms with Crippen LogP contribution in [0, 0.1) is 11.7 Å². The molecule has 1 aliphatic rings. The van der Waals surface area contributed by atoms with Gasteiger partial charge in [0.25, 0.3) is 5.91 Å². The topological polar surface area (TPSA) is 67.5 Å². The molecule has 2 heterocycles. The van der Waals surface area contributed by atoms with E-state index in [4.69, 9.17) is 9.47 Å². The van der Waals surface area contributed by atoms with Crippen LogP contribution in [0.2, 0.25) is 0 Å². The molecule has 1 aromatic heterocycles. The van der Waals surface area contributed by atoms with Gasteiger partial charge in [0.15, 0.2) is 11.5 Å². The molecule has 6 nitrogen and oxygen atoms in total. The number of amides is 1. The molecule has 1 aliphatic heterocycles. The van der Waals surface area contributed by atoms with Crippen molar-refractivity contribution in [2.75, 3.05) is 13.7 Å². The van der Waals surface area contributed by atoms with E-state index in [1.165, 1.54) is 12.1 Å². The third-order valence-electron chi connectivity index (χ3n) is 6.63. The summed E-state index contributed by atoms with van der Waals surface area (Å²) < 4.78 is 25.2. The summed E-state index contributed by atoms with van der Waals surface area (Å²) >= 11 is 0. The van der Waals surface area contributed by atoms with Gasteiger partial charge in [-0.15, -0.1) is 0 Å². The predicted molar refractivity (Wildman–Crippen MR) is 140 cm³/mol. The molecular weight excluding hydrogens is 469 g/mol. The zero-order chi connectivity index (χ0) is 25.9. The second-order valence-electron chi connectivity index (χ2n) is 9.63. The van der Waals surface area contributed by atoms with E-state index in [0.717, 1.165) is 34.4 Å². The molecule has 1 unspecified atom stereocenters. The summed E-state index contributed by atoms with van der Waals surface area (Å²) in [4.78, 5) is 15.4. The Morgan fingerprint density at radius 3 is 2.49 bits per heavy atom. The van der Waals surface area contributed by atoms with E-state index in [2.05, 4.69) is 24.0 Å². The highest BCUT2D eigenvalue weighted by molar-refractivity contribution is 6.00. The summed E-state index contributed by atoms with van der Waals surface area (Å²) in [7, 11) is 1.61. The van der Waals surface area contributed by atoms with Crippen molar-refractivity contribution in [3.63, 3.8) is 0 Å². The zero-order valence-electron chi connectivity index (χ0n) is 21.2. The number of nitrogens with zero attached hydrogens (tertiary/aromatic N) is 2. The minimum absolute atomic E-state index is 0.157. The smallest absolute Gasteiger partial charge is 0.273 e. The Hall–Kier alpha value is -4.13. The Morgan fingerprint density at radius 1 is 1.03 bits per heavy atom. The van der Waals surface area contributed by atoms with Gasteiger partial charge in [-0.25, -0.2) is 4.39 Å². The van der Waals surface area contributed by atoms with Gasteiger partial charge in [0, 0.05) is 17.7 Å². The molecule has 37 heavy (non-hydrogen) atoms. The molecule has 1 N–H and O–H groups in total. The Balaban J connectivity index is 1.57. The first-order valence-electron chi connectivity index (χ1n) is 12.5. The van der Waals surface area contributed by atoms with E-state index in [0.29, 0.717) is 36.3 Å². The van der Waals surface area contributed by atoms with Crippen LogP contribution in [0.3, 0.4) is 0 Å². The fourth-order valence-electron chi connectivity index (χ4n) is 4.69. The molecule has 5 rings (SSSR count). The van der Waals surface area contributed by atoms with Crippen molar-refractivity contribution in [2.45, 2.75) is 32.9 Å². The van der Waals surface area contributed by atoms with Crippen LogP contribution in [0.5, 0.6) is 11.5 Å². The quantitative estimate of drug-likeness (QED) is 0.290. The highest BCUT2D eigenvalue weighted by Crippen LogP contribution is 2.45. The number of nitrogens with one attached hydrogen (secondary N) is 1. The average Bonchev–Trinajstić information content (AvgIpc) is 3.45. The average molecular weight is 500 g/mol. The van der Waals surface area contributed by atoms with Crippen molar-refractivity contribution in [1.82, 2.24) is 15.1 Å². The lowest BCUT2D eigenvalue weighted by Gasteiger charge is -2.27. The van der Waals surface area contributed by atoms with Crippen molar-refractivity contribution in [3.05, 3.63) is 101 Å². The van der Waals surface area contributed by atoms with E-state index in [1.807, 2.05) is 48.5 Å². The third-order valence-corrected chi connectivity index (χ3v) is 6.63. The van der Waals surface area contributed by atoms with Crippen molar-refractivity contribution in [1.29, 1.82) is 0 Å².